The number of unbranched alkanes of at least 4 members (excludes halogenated alkanes) is 1. The predicted molar refractivity (Wildman–Crippen MR) is 89.2 cm³/mol. The van der Waals surface area contributed by atoms with Gasteiger partial charge >= 0.3 is 0 Å². The Balaban J connectivity index is 2.70. The molecule has 0 aliphatic carbocycles. The van der Waals surface area contributed by atoms with Crippen molar-refractivity contribution < 1.29 is 4.79 Å². The topological polar surface area (TPSA) is 41.1 Å². The summed E-state index contributed by atoms with van der Waals surface area (Å²) in [6.45, 7) is 10.1. The van der Waals surface area contributed by atoms with Gasteiger partial charge in [0.2, 0.25) is 5.91 Å². The minimum atomic E-state index is -0.203. The first kappa shape index (κ1) is 17.7. The van der Waals surface area contributed by atoms with Gasteiger partial charge in [0.05, 0.1) is 6.04 Å². The van der Waals surface area contributed by atoms with Crippen molar-refractivity contribution >= 4 is 5.91 Å². The van der Waals surface area contributed by atoms with Gasteiger partial charge in [-0.3, -0.25) is 10.1 Å². The van der Waals surface area contributed by atoms with Crippen molar-refractivity contribution in [1.29, 1.82) is 0 Å². The Morgan fingerprint density at radius 1 is 1.19 bits per heavy atom. The van der Waals surface area contributed by atoms with E-state index < -0.39 is 0 Å². The van der Waals surface area contributed by atoms with Crippen molar-refractivity contribution in [3.05, 3.63) is 35.9 Å². The van der Waals surface area contributed by atoms with Crippen LogP contribution in [0.15, 0.2) is 30.3 Å². The first-order valence-electron chi connectivity index (χ1n) is 7.96. The van der Waals surface area contributed by atoms with Crippen LogP contribution in [0.1, 0.15) is 65.5 Å². The maximum absolute atomic E-state index is 12.2. The molecule has 0 spiro atoms. The van der Waals surface area contributed by atoms with E-state index in [1.54, 1.807) is 0 Å². The van der Waals surface area contributed by atoms with E-state index in [0.717, 1.165) is 19.3 Å². The van der Waals surface area contributed by atoms with Crippen LogP contribution in [0.5, 0.6) is 0 Å². The second-order valence-electron chi connectivity index (χ2n) is 6.73. The van der Waals surface area contributed by atoms with E-state index in [1.165, 1.54) is 5.56 Å². The zero-order valence-electron chi connectivity index (χ0n) is 14.1. The summed E-state index contributed by atoms with van der Waals surface area (Å²) in [5.74, 6) is 0.0555. The number of amides is 1. The number of hydrogen-bond donors (Lipinski definition) is 2. The number of benzene rings is 1. The molecule has 2 atom stereocenters. The quantitative estimate of drug-likeness (QED) is 0.801. The SMILES string of the molecule is CCCCC(NC(C)C(=O)NC(C)(C)C)c1ccccc1. The van der Waals surface area contributed by atoms with Crippen LogP contribution < -0.4 is 10.6 Å². The minimum absolute atomic E-state index is 0.0555. The monoisotopic (exact) mass is 290 g/mol. The average molecular weight is 290 g/mol. The first-order valence-corrected chi connectivity index (χ1v) is 7.96. The average Bonchev–Trinajstić information content (AvgIpc) is 2.42. The molecule has 0 saturated heterocycles. The van der Waals surface area contributed by atoms with Gasteiger partial charge in [-0.15, -0.1) is 0 Å². The van der Waals surface area contributed by atoms with Crippen LogP contribution in [0.25, 0.3) is 0 Å². The lowest BCUT2D eigenvalue weighted by atomic mass is 10.00. The number of carbonyl (C=O) groups is 1. The summed E-state index contributed by atoms with van der Waals surface area (Å²) in [6.07, 6.45) is 3.36. The van der Waals surface area contributed by atoms with E-state index in [9.17, 15) is 4.79 Å². The number of carbonyl (C=O) groups excluding carboxylic acids is 1. The van der Waals surface area contributed by atoms with Crippen molar-refractivity contribution in [2.75, 3.05) is 0 Å². The Labute approximate surface area is 129 Å². The molecule has 0 saturated carbocycles. The van der Waals surface area contributed by atoms with Crippen molar-refractivity contribution in [2.24, 2.45) is 0 Å². The van der Waals surface area contributed by atoms with Gasteiger partial charge in [-0.2, -0.15) is 0 Å². The summed E-state index contributed by atoms with van der Waals surface area (Å²) < 4.78 is 0. The highest BCUT2D eigenvalue weighted by Crippen LogP contribution is 2.20. The molecule has 1 aromatic rings. The Hall–Kier alpha value is -1.35. The van der Waals surface area contributed by atoms with Crippen LogP contribution in [0.3, 0.4) is 0 Å². The molecule has 0 heterocycles. The lowest BCUT2D eigenvalue weighted by Gasteiger charge is -2.27. The molecule has 2 N–H and O–H groups in total. The van der Waals surface area contributed by atoms with Gasteiger partial charge < -0.3 is 5.32 Å². The lowest BCUT2D eigenvalue weighted by Crippen LogP contribution is -2.50. The molecular formula is C18H30N2O. The van der Waals surface area contributed by atoms with Crippen LogP contribution in [0, 0.1) is 0 Å². The second kappa shape index (κ2) is 8.18. The van der Waals surface area contributed by atoms with E-state index in [4.69, 9.17) is 0 Å². The highest BCUT2D eigenvalue weighted by atomic mass is 16.2. The zero-order chi connectivity index (χ0) is 15.9. The summed E-state index contributed by atoms with van der Waals surface area (Å²) in [6, 6.07) is 10.4. The lowest BCUT2D eigenvalue weighted by molar-refractivity contribution is -0.124. The number of nitrogens with one attached hydrogen (secondary N) is 2. The van der Waals surface area contributed by atoms with Crippen molar-refractivity contribution in [1.82, 2.24) is 10.6 Å². The molecule has 1 amide bonds. The molecule has 1 rings (SSSR count). The standard InChI is InChI=1S/C18H30N2O/c1-6-7-13-16(15-11-9-8-10-12-15)19-14(2)17(21)20-18(3,4)5/h8-12,14,16,19H,6-7,13H2,1-5H3,(H,20,21). The third kappa shape index (κ3) is 6.76. The Bertz CT molecular complexity index is 423. The van der Waals surface area contributed by atoms with E-state index >= 15 is 0 Å². The maximum Gasteiger partial charge on any atom is 0.237 e. The van der Waals surface area contributed by atoms with Gasteiger partial charge in [0.1, 0.15) is 0 Å². The molecule has 118 valence electrons. The predicted octanol–water partition coefficient (Wildman–Crippen LogP) is 3.81. The van der Waals surface area contributed by atoms with Gasteiger partial charge in [-0.05, 0) is 39.7 Å². The normalized spacial score (nSPS) is 14.5. The minimum Gasteiger partial charge on any atom is -0.350 e. The summed E-state index contributed by atoms with van der Waals surface area (Å²) in [5.41, 5.74) is 1.06. The maximum atomic E-state index is 12.2. The molecule has 21 heavy (non-hydrogen) atoms. The third-order valence-corrected chi connectivity index (χ3v) is 3.39. The van der Waals surface area contributed by atoms with Crippen LogP contribution in [0.4, 0.5) is 0 Å². The molecule has 0 aromatic heterocycles. The van der Waals surface area contributed by atoms with E-state index in [0.29, 0.717) is 0 Å². The Kier molecular flexibility index (Phi) is 6.90. The molecular weight excluding hydrogens is 260 g/mol. The van der Waals surface area contributed by atoms with Crippen molar-refractivity contribution in [2.45, 2.75) is 71.5 Å². The van der Waals surface area contributed by atoms with Crippen LogP contribution >= 0.6 is 0 Å². The fourth-order valence-electron chi connectivity index (χ4n) is 2.30. The molecule has 0 aliphatic rings. The van der Waals surface area contributed by atoms with Crippen LogP contribution in [0.2, 0.25) is 0 Å². The molecule has 3 heteroatoms. The molecule has 2 unspecified atom stereocenters. The summed E-state index contributed by atoms with van der Waals surface area (Å²) in [7, 11) is 0. The molecule has 0 fully saturated rings. The van der Waals surface area contributed by atoms with Gasteiger partial charge in [-0.1, -0.05) is 50.1 Å². The van der Waals surface area contributed by atoms with Gasteiger partial charge in [0.25, 0.3) is 0 Å². The Morgan fingerprint density at radius 2 is 1.81 bits per heavy atom. The first-order chi connectivity index (χ1) is 9.83. The molecule has 0 aliphatic heterocycles. The molecule has 0 bridgehead atoms. The Morgan fingerprint density at radius 3 is 2.33 bits per heavy atom. The summed E-state index contributed by atoms with van der Waals surface area (Å²) in [4.78, 5) is 12.2. The summed E-state index contributed by atoms with van der Waals surface area (Å²) >= 11 is 0. The van der Waals surface area contributed by atoms with Gasteiger partial charge in [0.15, 0.2) is 0 Å². The van der Waals surface area contributed by atoms with E-state index in [-0.39, 0.29) is 23.5 Å². The highest BCUT2D eigenvalue weighted by molar-refractivity contribution is 5.82. The second-order valence-corrected chi connectivity index (χ2v) is 6.73. The van der Waals surface area contributed by atoms with Gasteiger partial charge in [0, 0.05) is 11.6 Å². The highest BCUT2D eigenvalue weighted by Gasteiger charge is 2.22. The van der Waals surface area contributed by atoms with Crippen molar-refractivity contribution in [3.63, 3.8) is 0 Å². The van der Waals surface area contributed by atoms with Gasteiger partial charge in [-0.25, -0.2) is 0 Å². The fraction of sp³-hybridized carbons (Fsp3) is 0.611. The van der Waals surface area contributed by atoms with E-state index in [2.05, 4.69) is 41.8 Å². The zero-order valence-corrected chi connectivity index (χ0v) is 14.1. The van der Waals surface area contributed by atoms with E-state index in [1.807, 2.05) is 33.8 Å². The fourth-order valence-corrected chi connectivity index (χ4v) is 2.30. The molecule has 1 aromatic carbocycles. The smallest absolute Gasteiger partial charge is 0.237 e. The number of rotatable bonds is 7. The molecule has 0 radical (unpaired) electrons. The summed E-state index contributed by atoms with van der Waals surface area (Å²) in [5, 5.41) is 6.51. The largest absolute Gasteiger partial charge is 0.350 e. The third-order valence-electron chi connectivity index (χ3n) is 3.39. The van der Waals surface area contributed by atoms with Crippen molar-refractivity contribution in [3.8, 4) is 0 Å². The van der Waals surface area contributed by atoms with Crippen LogP contribution in [-0.2, 0) is 4.79 Å². The molecule has 3 nitrogen and oxygen atoms in total. The number of hydrogen-bond acceptors (Lipinski definition) is 2. The van der Waals surface area contributed by atoms with Crippen LogP contribution in [-0.4, -0.2) is 17.5 Å².